The van der Waals surface area contributed by atoms with Gasteiger partial charge >= 0.3 is 0 Å². The molecule has 0 aliphatic carbocycles. The third-order valence-corrected chi connectivity index (χ3v) is 4.14. The summed E-state index contributed by atoms with van der Waals surface area (Å²) in [7, 11) is 0. The average Bonchev–Trinajstić information content (AvgIpc) is 2.91. The number of nitrogens with zero attached hydrogens (tertiary/aromatic N) is 3. The fourth-order valence-electron chi connectivity index (χ4n) is 2.92. The Labute approximate surface area is 136 Å². The lowest BCUT2D eigenvalue weighted by Gasteiger charge is -2.20. The standard InChI is InChI=1S/C18H23N3O2/c1-14(2)18-19-8-10-20(18)9-7-17(22)21-11-12-23-16-6-4-3-5-15(16)13-21/h3-6,8,10,14H,7,9,11-13H2,1-2H3. The molecule has 0 spiro atoms. The van der Waals surface area contributed by atoms with E-state index in [2.05, 4.69) is 23.4 Å². The minimum Gasteiger partial charge on any atom is -0.491 e. The number of carbonyl (C=O) groups is 1. The van der Waals surface area contributed by atoms with E-state index in [1.165, 1.54) is 0 Å². The highest BCUT2D eigenvalue weighted by Gasteiger charge is 2.19. The largest absolute Gasteiger partial charge is 0.491 e. The summed E-state index contributed by atoms with van der Waals surface area (Å²) in [6.45, 7) is 6.70. The van der Waals surface area contributed by atoms with Gasteiger partial charge in [-0.15, -0.1) is 0 Å². The monoisotopic (exact) mass is 313 g/mol. The van der Waals surface area contributed by atoms with E-state index in [-0.39, 0.29) is 5.91 Å². The molecule has 0 bridgehead atoms. The molecule has 1 aliphatic heterocycles. The molecule has 0 unspecified atom stereocenters. The number of carbonyl (C=O) groups excluding carboxylic acids is 1. The summed E-state index contributed by atoms with van der Waals surface area (Å²) < 4.78 is 7.79. The van der Waals surface area contributed by atoms with E-state index in [1.807, 2.05) is 35.4 Å². The van der Waals surface area contributed by atoms with Crippen molar-refractivity contribution in [2.24, 2.45) is 0 Å². The van der Waals surface area contributed by atoms with Gasteiger partial charge in [0.25, 0.3) is 0 Å². The van der Waals surface area contributed by atoms with Crippen LogP contribution in [0, 0.1) is 0 Å². The van der Waals surface area contributed by atoms with Gasteiger partial charge in [-0.05, 0) is 6.07 Å². The van der Waals surface area contributed by atoms with E-state index in [1.54, 1.807) is 6.20 Å². The lowest BCUT2D eigenvalue weighted by atomic mass is 10.2. The molecule has 0 atom stereocenters. The van der Waals surface area contributed by atoms with Gasteiger partial charge in [0.2, 0.25) is 5.91 Å². The van der Waals surface area contributed by atoms with Crippen molar-refractivity contribution in [3.63, 3.8) is 0 Å². The highest BCUT2D eigenvalue weighted by atomic mass is 16.5. The summed E-state index contributed by atoms with van der Waals surface area (Å²) in [6, 6.07) is 7.93. The Balaban J connectivity index is 1.63. The number of ether oxygens (including phenoxy) is 1. The Morgan fingerprint density at radius 1 is 1.35 bits per heavy atom. The maximum Gasteiger partial charge on any atom is 0.224 e. The van der Waals surface area contributed by atoms with Crippen molar-refractivity contribution >= 4 is 5.91 Å². The highest BCUT2D eigenvalue weighted by Crippen LogP contribution is 2.23. The Bertz CT molecular complexity index is 678. The van der Waals surface area contributed by atoms with Crippen molar-refractivity contribution in [3.05, 3.63) is 48.0 Å². The van der Waals surface area contributed by atoms with Gasteiger partial charge in [0.05, 0.1) is 6.54 Å². The topological polar surface area (TPSA) is 47.4 Å². The lowest BCUT2D eigenvalue weighted by molar-refractivity contribution is -0.132. The van der Waals surface area contributed by atoms with Crippen LogP contribution in [0.2, 0.25) is 0 Å². The summed E-state index contributed by atoms with van der Waals surface area (Å²) in [6.07, 6.45) is 4.23. The molecule has 1 aliphatic rings. The second kappa shape index (κ2) is 6.86. The maximum absolute atomic E-state index is 12.6. The number of aryl methyl sites for hydroxylation is 1. The van der Waals surface area contributed by atoms with Gasteiger partial charge in [-0.3, -0.25) is 4.79 Å². The summed E-state index contributed by atoms with van der Waals surface area (Å²) in [5, 5.41) is 0. The molecular formula is C18H23N3O2. The molecule has 5 heteroatoms. The van der Waals surface area contributed by atoms with Crippen LogP contribution in [0.25, 0.3) is 0 Å². The first-order valence-electron chi connectivity index (χ1n) is 8.14. The number of amides is 1. The molecule has 5 nitrogen and oxygen atoms in total. The number of para-hydroxylation sites is 1. The zero-order chi connectivity index (χ0) is 16.2. The fourth-order valence-corrected chi connectivity index (χ4v) is 2.92. The number of fused-ring (bicyclic) bond motifs is 1. The first-order chi connectivity index (χ1) is 11.1. The van der Waals surface area contributed by atoms with Crippen LogP contribution in [0.3, 0.4) is 0 Å². The second-order valence-electron chi connectivity index (χ2n) is 6.16. The predicted octanol–water partition coefficient (Wildman–Crippen LogP) is 2.82. The van der Waals surface area contributed by atoms with E-state index in [0.29, 0.717) is 38.6 Å². The Morgan fingerprint density at radius 3 is 3.00 bits per heavy atom. The summed E-state index contributed by atoms with van der Waals surface area (Å²) in [4.78, 5) is 18.8. The van der Waals surface area contributed by atoms with Gasteiger partial charge in [-0.25, -0.2) is 4.98 Å². The number of hydrogen-bond donors (Lipinski definition) is 0. The molecule has 1 amide bonds. The summed E-state index contributed by atoms with van der Waals surface area (Å²) >= 11 is 0. The average molecular weight is 313 g/mol. The zero-order valence-corrected chi connectivity index (χ0v) is 13.7. The summed E-state index contributed by atoms with van der Waals surface area (Å²) in [5.41, 5.74) is 1.07. The zero-order valence-electron chi connectivity index (χ0n) is 13.7. The minimum atomic E-state index is 0.161. The van der Waals surface area contributed by atoms with Crippen molar-refractivity contribution in [3.8, 4) is 5.75 Å². The van der Waals surface area contributed by atoms with Crippen LogP contribution in [-0.4, -0.2) is 33.5 Å². The van der Waals surface area contributed by atoms with Gasteiger partial charge in [0.15, 0.2) is 0 Å². The quantitative estimate of drug-likeness (QED) is 0.872. The van der Waals surface area contributed by atoms with Gasteiger partial charge in [-0.1, -0.05) is 32.0 Å². The molecule has 0 saturated heterocycles. The van der Waals surface area contributed by atoms with Crippen LogP contribution in [-0.2, 0) is 17.9 Å². The van der Waals surface area contributed by atoms with Gasteiger partial charge in [-0.2, -0.15) is 0 Å². The van der Waals surface area contributed by atoms with Crippen LogP contribution < -0.4 is 4.74 Å². The SMILES string of the molecule is CC(C)c1nccn1CCC(=O)N1CCOc2ccccc2C1. The van der Waals surface area contributed by atoms with E-state index in [0.717, 1.165) is 17.1 Å². The van der Waals surface area contributed by atoms with Crippen molar-refractivity contribution < 1.29 is 9.53 Å². The van der Waals surface area contributed by atoms with E-state index < -0.39 is 0 Å². The smallest absolute Gasteiger partial charge is 0.224 e. The molecule has 0 fully saturated rings. The van der Waals surface area contributed by atoms with E-state index in [4.69, 9.17) is 4.74 Å². The number of rotatable bonds is 4. The molecule has 0 radical (unpaired) electrons. The van der Waals surface area contributed by atoms with Crippen LogP contribution in [0.5, 0.6) is 5.75 Å². The van der Waals surface area contributed by atoms with Gasteiger partial charge in [0.1, 0.15) is 18.2 Å². The van der Waals surface area contributed by atoms with Gasteiger partial charge < -0.3 is 14.2 Å². The molecule has 23 heavy (non-hydrogen) atoms. The molecule has 2 heterocycles. The van der Waals surface area contributed by atoms with Crippen LogP contribution in [0.15, 0.2) is 36.7 Å². The number of imidazole rings is 1. The lowest BCUT2D eigenvalue weighted by Crippen LogP contribution is -2.33. The number of benzene rings is 1. The van der Waals surface area contributed by atoms with E-state index in [9.17, 15) is 4.79 Å². The van der Waals surface area contributed by atoms with E-state index >= 15 is 0 Å². The van der Waals surface area contributed by atoms with Crippen LogP contribution in [0.4, 0.5) is 0 Å². The number of aromatic nitrogens is 2. The van der Waals surface area contributed by atoms with Crippen molar-refractivity contribution in [2.75, 3.05) is 13.2 Å². The fraction of sp³-hybridized carbons (Fsp3) is 0.444. The Morgan fingerprint density at radius 2 is 2.17 bits per heavy atom. The third kappa shape index (κ3) is 3.55. The second-order valence-corrected chi connectivity index (χ2v) is 6.16. The maximum atomic E-state index is 12.6. The molecule has 3 rings (SSSR count). The molecule has 122 valence electrons. The highest BCUT2D eigenvalue weighted by molar-refractivity contribution is 5.76. The predicted molar refractivity (Wildman–Crippen MR) is 88.3 cm³/mol. The molecule has 0 N–H and O–H groups in total. The normalized spacial score (nSPS) is 14.3. The minimum absolute atomic E-state index is 0.161. The third-order valence-electron chi connectivity index (χ3n) is 4.14. The van der Waals surface area contributed by atoms with Crippen LogP contribution in [0.1, 0.15) is 37.6 Å². The molecular weight excluding hydrogens is 290 g/mol. The molecule has 1 aromatic carbocycles. The number of hydrogen-bond acceptors (Lipinski definition) is 3. The first kappa shape index (κ1) is 15.6. The molecule has 1 aromatic heterocycles. The summed E-state index contributed by atoms with van der Waals surface area (Å²) in [5.74, 6) is 2.44. The first-order valence-corrected chi connectivity index (χ1v) is 8.14. The van der Waals surface area contributed by atoms with Crippen LogP contribution >= 0.6 is 0 Å². The molecule has 2 aromatic rings. The Kier molecular flexibility index (Phi) is 4.65. The van der Waals surface area contributed by atoms with Gasteiger partial charge in [0, 0.05) is 43.4 Å². The molecule has 0 saturated carbocycles. The van der Waals surface area contributed by atoms with Crippen molar-refractivity contribution in [2.45, 2.75) is 39.3 Å². The van der Waals surface area contributed by atoms with Crippen molar-refractivity contribution in [1.29, 1.82) is 0 Å². The Hall–Kier alpha value is -2.30. The van der Waals surface area contributed by atoms with Crippen molar-refractivity contribution in [1.82, 2.24) is 14.5 Å².